The van der Waals surface area contributed by atoms with Crippen LogP contribution in [0.25, 0.3) is 0 Å². The summed E-state index contributed by atoms with van der Waals surface area (Å²) in [6, 6.07) is 24.9. The van der Waals surface area contributed by atoms with E-state index in [-0.39, 0.29) is 78.3 Å². The van der Waals surface area contributed by atoms with Crippen molar-refractivity contribution >= 4 is 22.7 Å². The summed E-state index contributed by atoms with van der Waals surface area (Å²) in [5, 5.41) is 0. The fraction of sp³-hybridized carbons (Fsp3) is 0.375. The molecular formula is C32H41Cd2N2-3. The van der Waals surface area contributed by atoms with E-state index in [9.17, 15) is 0 Å². The van der Waals surface area contributed by atoms with Crippen LogP contribution in [0.4, 0.5) is 22.7 Å². The molecule has 0 amide bonds. The van der Waals surface area contributed by atoms with E-state index in [2.05, 4.69) is 123 Å². The van der Waals surface area contributed by atoms with E-state index in [0.29, 0.717) is 5.69 Å². The summed E-state index contributed by atoms with van der Waals surface area (Å²) >= 11 is 0. The Kier molecular flexibility index (Phi) is 12.3. The number of nitrogen functional groups attached to an aromatic ring is 1. The minimum Gasteiger partial charge on any atom is -0.432 e. The van der Waals surface area contributed by atoms with Crippen molar-refractivity contribution in [3.05, 3.63) is 97.3 Å². The Bertz CT molecular complexity index is 1050. The molecule has 0 atom stereocenters. The SMILES string of the molecule is [CH2-]c1c(N(c2[c-]cc(C(C)(C)C)c[c-]2)c2[c-]cc(C(C)(C)C)cc2)cc(N)cc1C(C)(C)C.[CH3-].[Cd+2].[Cd]. The van der Waals surface area contributed by atoms with Crippen LogP contribution in [0.1, 0.15) is 84.6 Å². The van der Waals surface area contributed by atoms with Crippen molar-refractivity contribution in [3.63, 3.8) is 0 Å². The van der Waals surface area contributed by atoms with E-state index < -0.39 is 0 Å². The second-order valence-corrected chi connectivity index (χ2v) is 12.0. The molecule has 0 bridgehead atoms. The second kappa shape index (κ2) is 12.7. The van der Waals surface area contributed by atoms with Crippen molar-refractivity contribution in [3.8, 4) is 0 Å². The van der Waals surface area contributed by atoms with E-state index in [4.69, 9.17) is 5.73 Å². The zero-order valence-corrected chi connectivity index (χ0v) is 32.3. The second-order valence-electron chi connectivity index (χ2n) is 12.0. The Labute approximate surface area is 261 Å². The number of rotatable bonds is 3. The Morgan fingerprint density at radius 2 is 1.25 bits per heavy atom. The average Bonchev–Trinajstić information content (AvgIpc) is 2.69. The van der Waals surface area contributed by atoms with Crippen LogP contribution in [-0.4, -0.2) is 0 Å². The van der Waals surface area contributed by atoms with Gasteiger partial charge in [-0.05, 0) is 0 Å². The number of nitrogens with two attached hydrogens (primary N) is 1. The molecule has 0 aliphatic rings. The van der Waals surface area contributed by atoms with E-state index >= 15 is 0 Å². The fourth-order valence-electron chi connectivity index (χ4n) is 3.88. The zero-order valence-electron chi connectivity index (χ0n) is 24.2. The summed E-state index contributed by atoms with van der Waals surface area (Å²) in [5.41, 5.74) is 14.3. The van der Waals surface area contributed by atoms with Gasteiger partial charge in [-0.2, -0.15) is 36.2 Å². The van der Waals surface area contributed by atoms with Crippen molar-refractivity contribution in [1.29, 1.82) is 0 Å². The first-order valence-corrected chi connectivity index (χ1v) is 11.6. The number of hydrogen-bond acceptors (Lipinski definition) is 2. The molecule has 0 unspecified atom stereocenters. The van der Waals surface area contributed by atoms with Crippen molar-refractivity contribution in [2.45, 2.75) is 78.6 Å². The number of benzene rings is 3. The van der Waals surface area contributed by atoms with E-state index in [1.807, 2.05) is 12.1 Å². The third-order valence-corrected chi connectivity index (χ3v) is 6.02. The van der Waals surface area contributed by atoms with Crippen LogP contribution in [0.5, 0.6) is 0 Å². The van der Waals surface area contributed by atoms with Gasteiger partial charge in [0.2, 0.25) is 0 Å². The van der Waals surface area contributed by atoms with Crippen LogP contribution in [0.3, 0.4) is 0 Å². The average molecular weight is 679 g/mol. The van der Waals surface area contributed by atoms with Gasteiger partial charge in [-0.1, -0.05) is 96.7 Å². The van der Waals surface area contributed by atoms with E-state index in [0.717, 1.165) is 28.2 Å². The maximum atomic E-state index is 6.40. The van der Waals surface area contributed by atoms with Crippen molar-refractivity contribution in [1.82, 2.24) is 0 Å². The van der Waals surface area contributed by atoms with Gasteiger partial charge in [0.15, 0.2) is 0 Å². The predicted molar refractivity (Wildman–Crippen MR) is 149 cm³/mol. The van der Waals surface area contributed by atoms with Crippen LogP contribution in [0.15, 0.2) is 42.5 Å². The first-order chi connectivity index (χ1) is 15.1. The quantitative estimate of drug-likeness (QED) is 0.171. The first kappa shape index (κ1) is 35.0. The zero-order chi connectivity index (χ0) is 24.8. The molecule has 0 saturated heterocycles. The summed E-state index contributed by atoms with van der Waals surface area (Å²) in [6.45, 7) is 24.3. The van der Waals surface area contributed by atoms with Crippen LogP contribution in [0.2, 0.25) is 0 Å². The molecule has 0 aliphatic heterocycles. The number of hydrogen-bond donors (Lipinski definition) is 1. The van der Waals surface area contributed by atoms with E-state index in [1.54, 1.807) is 0 Å². The van der Waals surface area contributed by atoms with Crippen LogP contribution in [0, 0.1) is 32.5 Å². The number of anilines is 4. The smallest absolute Gasteiger partial charge is 0.432 e. The molecule has 186 valence electrons. The fourth-order valence-corrected chi connectivity index (χ4v) is 3.88. The monoisotopic (exact) mass is 681 g/mol. The normalized spacial score (nSPS) is 11.6. The standard InChI is InChI=1S/C31H38N2.CH3.2Cd/c1-21-27(31(8,9)10)19-24(32)20-28(21)33(25-15-11-22(12-16-25)29(2,3)4)26-17-13-23(14-18-26)30(5,6)7;;;/h11-15,19-20H,1,32H2,2-10H3;1H3;;/q-4;-1;;+2. The van der Waals surface area contributed by atoms with Crippen LogP contribution >= 0.6 is 0 Å². The third kappa shape index (κ3) is 7.99. The summed E-state index contributed by atoms with van der Waals surface area (Å²) in [6.07, 6.45) is 0. The predicted octanol–water partition coefficient (Wildman–Crippen LogP) is 8.66. The van der Waals surface area contributed by atoms with Gasteiger partial charge >= 0.3 is 27.3 Å². The van der Waals surface area contributed by atoms with Crippen molar-refractivity contribution in [2.75, 3.05) is 10.6 Å². The Hall–Kier alpha value is -1.03. The molecule has 0 fully saturated rings. The minimum absolute atomic E-state index is 0. The van der Waals surface area contributed by atoms with Gasteiger partial charge in [0.05, 0.1) is 0 Å². The maximum Gasteiger partial charge on any atom is 2.00 e. The van der Waals surface area contributed by atoms with Gasteiger partial charge in [-0.15, -0.1) is 17.0 Å². The van der Waals surface area contributed by atoms with E-state index in [1.165, 1.54) is 11.1 Å². The molecule has 0 radical (unpaired) electrons. The molecule has 36 heavy (non-hydrogen) atoms. The molecule has 3 aromatic rings. The topological polar surface area (TPSA) is 29.3 Å². The molecule has 0 heterocycles. The van der Waals surface area contributed by atoms with Gasteiger partial charge in [-0.3, -0.25) is 17.7 Å². The molecule has 2 N–H and O–H groups in total. The number of nitrogens with zero attached hydrogens (tertiary/aromatic N) is 1. The van der Waals surface area contributed by atoms with Gasteiger partial charge in [0.25, 0.3) is 0 Å². The molecule has 0 spiro atoms. The Balaban J connectivity index is 0.00000408. The summed E-state index contributed by atoms with van der Waals surface area (Å²) in [4.78, 5) is 2.12. The Morgan fingerprint density at radius 1 is 0.750 bits per heavy atom. The summed E-state index contributed by atoms with van der Waals surface area (Å²) < 4.78 is 0. The molecule has 0 saturated carbocycles. The van der Waals surface area contributed by atoms with Crippen molar-refractivity contribution < 1.29 is 54.6 Å². The van der Waals surface area contributed by atoms with Gasteiger partial charge in [0, 0.05) is 33.0 Å². The van der Waals surface area contributed by atoms with Crippen LogP contribution in [-0.2, 0) is 70.8 Å². The molecule has 4 heteroatoms. The summed E-state index contributed by atoms with van der Waals surface area (Å²) in [7, 11) is 0. The Morgan fingerprint density at radius 3 is 1.67 bits per heavy atom. The van der Waals surface area contributed by atoms with Gasteiger partial charge in [0.1, 0.15) is 0 Å². The molecular weight excluding hydrogens is 637 g/mol. The molecule has 0 aromatic heterocycles. The molecule has 2 nitrogen and oxygen atoms in total. The first-order valence-electron chi connectivity index (χ1n) is 11.6. The van der Waals surface area contributed by atoms with Gasteiger partial charge < -0.3 is 30.2 Å². The largest absolute Gasteiger partial charge is 2.00 e. The summed E-state index contributed by atoms with van der Waals surface area (Å²) in [5.74, 6) is 0. The van der Waals surface area contributed by atoms with Crippen LogP contribution < -0.4 is 10.6 Å². The maximum absolute atomic E-state index is 6.40. The van der Waals surface area contributed by atoms with Gasteiger partial charge in [-0.25, -0.2) is 5.69 Å². The minimum atomic E-state index is -0.0871. The molecule has 0 aliphatic carbocycles. The van der Waals surface area contributed by atoms with Crippen molar-refractivity contribution in [2.24, 2.45) is 0 Å². The third-order valence-electron chi connectivity index (χ3n) is 6.02. The molecule has 3 rings (SSSR count). The molecule has 3 aromatic carbocycles.